The minimum atomic E-state index is -0.249. The fourth-order valence-electron chi connectivity index (χ4n) is 3.74. The molecule has 1 atom stereocenters. The Hall–Kier alpha value is -2.21. The van der Waals surface area contributed by atoms with E-state index in [1.807, 2.05) is 0 Å². The van der Waals surface area contributed by atoms with Gasteiger partial charge in [-0.25, -0.2) is 9.37 Å². The van der Waals surface area contributed by atoms with Gasteiger partial charge in [0.2, 0.25) is 5.95 Å². The summed E-state index contributed by atoms with van der Waals surface area (Å²) in [6.07, 6.45) is 3.12. The molecular weight excluding hydrogens is 341 g/mol. The van der Waals surface area contributed by atoms with Crippen LogP contribution in [0.3, 0.4) is 0 Å². The first-order valence-electron chi connectivity index (χ1n) is 10.0. The van der Waals surface area contributed by atoms with Gasteiger partial charge in [-0.15, -0.1) is 0 Å². The van der Waals surface area contributed by atoms with E-state index in [0.717, 1.165) is 62.6 Å². The number of benzene rings is 1. The smallest absolute Gasteiger partial charge is 0.229 e. The van der Waals surface area contributed by atoms with E-state index < -0.39 is 0 Å². The maximum absolute atomic E-state index is 13.1. The molecule has 2 aromatic rings. The van der Waals surface area contributed by atoms with Crippen LogP contribution in [0.25, 0.3) is 0 Å². The third kappa shape index (κ3) is 4.95. The van der Waals surface area contributed by atoms with E-state index in [1.54, 1.807) is 12.1 Å². The minimum Gasteiger partial charge on any atom is -0.355 e. The third-order valence-corrected chi connectivity index (χ3v) is 5.19. The van der Waals surface area contributed by atoms with Gasteiger partial charge in [-0.3, -0.25) is 4.90 Å². The lowest BCUT2D eigenvalue weighted by Gasteiger charge is -2.26. The number of nitrogens with zero attached hydrogens (tertiary/aromatic N) is 4. The molecular formula is C21H30FN5. The average Bonchev–Trinajstić information content (AvgIpc) is 3.15. The van der Waals surface area contributed by atoms with Crippen molar-refractivity contribution in [3.8, 4) is 0 Å². The summed E-state index contributed by atoms with van der Waals surface area (Å²) in [5, 5.41) is 3.22. The highest BCUT2D eigenvalue weighted by Gasteiger charge is 2.27. The van der Waals surface area contributed by atoms with Crippen LogP contribution in [-0.4, -0.2) is 47.1 Å². The summed E-state index contributed by atoms with van der Waals surface area (Å²) >= 11 is 0. The summed E-state index contributed by atoms with van der Waals surface area (Å²) in [5.41, 5.74) is 1.83. The van der Waals surface area contributed by atoms with E-state index in [4.69, 9.17) is 4.98 Å². The highest BCUT2D eigenvalue weighted by molar-refractivity contribution is 5.56. The van der Waals surface area contributed by atoms with Crippen LogP contribution in [0.5, 0.6) is 0 Å². The highest BCUT2D eigenvalue weighted by atomic mass is 19.1. The van der Waals surface area contributed by atoms with Crippen molar-refractivity contribution in [1.82, 2.24) is 14.9 Å². The van der Waals surface area contributed by atoms with Crippen molar-refractivity contribution in [1.29, 1.82) is 0 Å². The largest absolute Gasteiger partial charge is 0.355 e. The van der Waals surface area contributed by atoms with Crippen molar-refractivity contribution in [3.63, 3.8) is 0 Å². The molecule has 0 aliphatic carbocycles. The molecule has 2 heterocycles. The lowest BCUT2D eigenvalue weighted by Crippen LogP contribution is -2.37. The van der Waals surface area contributed by atoms with Crippen LogP contribution in [-0.2, 0) is 6.42 Å². The van der Waals surface area contributed by atoms with Gasteiger partial charge in [0.05, 0.1) is 0 Å². The Kier molecular flexibility index (Phi) is 6.61. The number of rotatable bonds is 8. The topological polar surface area (TPSA) is 44.3 Å². The van der Waals surface area contributed by atoms with E-state index >= 15 is 0 Å². The summed E-state index contributed by atoms with van der Waals surface area (Å²) in [4.78, 5) is 14.3. The van der Waals surface area contributed by atoms with Crippen LogP contribution < -0.4 is 10.2 Å². The SMILES string of the molecule is CCCc1cc(N2CCC(N(CC)CC)C2)nc(Nc2ccc(F)cc2)n1. The first-order chi connectivity index (χ1) is 13.1. The number of halogens is 1. The predicted octanol–water partition coefficient (Wildman–Crippen LogP) is 4.23. The van der Waals surface area contributed by atoms with Crippen molar-refractivity contribution in [3.05, 3.63) is 41.8 Å². The quantitative estimate of drug-likeness (QED) is 0.752. The Balaban J connectivity index is 1.80. The molecule has 0 spiro atoms. The fourth-order valence-corrected chi connectivity index (χ4v) is 3.74. The van der Waals surface area contributed by atoms with E-state index in [-0.39, 0.29) is 5.82 Å². The third-order valence-electron chi connectivity index (χ3n) is 5.19. The monoisotopic (exact) mass is 371 g/mol. The zero-order valence-corrected chi connectivity index (χ0v) is 16.6. The van der Waals surface area contributed by atoms with E-state index in [2.05, 4.69) is 46.9 Å². The second-order valence-corrected chi connectivity index (χ2v) is 7.03. The number of hydrogen-bond acceptors (Lipinski definition) is 5. The normalized spacial score (nSPS) is 16.9. The molecule has 5 nitrogen and oxygen atoms in total. The van der Waals surface area contributed by atoms with Crippen molar-refractivity contribution >= 4 is 17.5 Å². The van der Waals surface area contributed by atoms with Crippen LogP contribution in [0.4, 0.5) is 21.8 Å². The van der Waals surface area contributed by atoms with Crippen LogP contribution in [0.1, 0.15) is 39.3 Å². The maximum atomic E-state index is 13.1. The molecule has 1 aromatic carbocycles. The Morgan fingerprint density at radius 2 is 1.89 bits per heavy atom. The molecule has 1 fully saturated rings. The maximum Gasteiger partial charge on any atom is 0.229 e. The van der Waals surface area contributed by atoms with Crippen LogP contribution in [0.15, 0.2) is 30.3 Å². The van der Waals surface area contributed by atoms with Gasteiger partial charge < -0.3 is 10.2 Å². The Morgan fingerprint density at radius 3 is 2.56 bits per heavy atom. The Labute approximate surface area is 161 Å². The molecule has 0 radical (unpaired) electrons. The summed E-state index contributed by atoms with van der Waals surface area (Å²) in [6.45, 7) is 10.8. The van der Waals surface area contributed by atoms with Gasteiger partial charge in [0.25, 0.3) is 0 Å². The molecule has 1 aromatic heterocycles. The van der Waals surface area contributed by atoms with Crippen molar-refractivity contribution in [2.45, 2.75) is 46.1 Å². The molecule has 3 rings (SSSR count). The molecule has 1 aliphatic heterocycles. The van der Waals surface area contributed by atoms with Crippen molar-refractivity contribution in [2.75, 3.05) is 36.4 Å². The number of aromatic nitrogens is 2. The van der Waals surface area contributed by atoms with E-state index in [1.165, 1.54) is 12.1 Å². The number of hydrogen-bond donors (Lipinski definition) is 1. The second-order valence-electron chi connectivity index (χ2n) is 7.03. The highest BCUT2D eigenvalue weighted by Crippen LogP contribution is 2.24. The van der Waals surface area contributed by atoms with Gasteiger partial charge in [-0.2, -0.15) is 4.98 Å². The molecule has 0 bridgehead atoms. The molecule has 146 valence electrons. The van der Waals surface area contributed by atoms with Gasteiger partial charge in [0, 0.05) is 36.6 Å². The van der Waals surface area contributed by atoms with Crippen molar-refractivity contribution in [2.24, 2.45) is 0 Å². The molecule has 1 unspecified atom stereocenters. The molecule has 1 saturated heterocycles. The molecule has 0 saturated carbocycles. The molecule has 6 heteroatoms. The summed E-state index contributed by atoms with van der Waals surface area (Å²) in [7, 11) is 0. The summed E-state index contributed by atoms with van der Waals surface area (Å²) < 4.78 is 13.1. The molecule has 1 N–H and O–H groups in total. The Bertz CT molecular complexity index is 730. The standard InChI is InChI=1S/C21H30FN5/c1-4-7-18-14-20(27-13-12-19(15-27)26(5-2)6-3)25-21(24-18)23-17-10-8-16(22)9-11-17/h8-11,14,19H,4-7,12-13,15H2,1-3H3,(H,23,24,25). The predicted molar refractivity (Wildman–Crippen MR) is 109 cm³/mol. The average molecular weight is 372 g/mol. The second kappa shape index (κ2) is 9.13. The summed E-state index contributed by atoms with van der Waals surface area (Å²) in [6, 6.07) is 8.99. The molecule has 0 amide bonds. The van der Waals surface area contributed by atoms with Gasteiger partial charge >= 0.3 is 0 Å². The zero-order valence-electron chi connectivity index (χ0n) is 16.6. The van der Waals surface area contributed by atoms with Crippen molar-refractivity contribution < 1.29 is 4.39 Å². The van der Waals surface area contributed by atoms with E-state index in [0.29, 0.717) is 12.0 Å². The van der Waals surface area contributed by atoms with E-state index in [9.17, 15) is 4.39 Å². The van der Waals surface area contributed by atoms with Crippen LogP contribution in [0.2, 0.25) is 0 Å². The number of nitrogens with one attached hydrogen (secondary N) is 1. The van der Waals surface area contributed by atoms with Gasteiger partial charge in [0.15, 0.2) is 0 Å². The number of anilines is 3. The Morgan fingerprint density at radius 1 is 1.15 bits per heavy atom. The minimum absolute atomic E-state index is 0.249. The number of likely N-dealkylation sites (N-methyl/N-ethyl adjacent to an activating group) is 1. The lowest BCUT2D eigenvalue weighted by molar-refractivity contribution is 0.232. The lowest BCUT2D eigenvalue weighted by atomic mass is 10.2. The van der Waals surface area contributed by atoms with Gasteiger partial charge in [0.1, 0.15) is 11.6 Å². The van der Waals surface area contributed by atoms with Crippen LogP contribution in [0, 0.1) is 5.82 Å². The van der Waals surface area contributed by atoms with Crippen LogP contribution >= 0.6 is 0 Å². The zero-order chi connectivity index (χ0) is 19.2. The number of aryl methyl sites for hydroxylation is 1. The van der Waals surface area contributed by atoms with Gasteiger partial charge in [-0.05, 0) is 50.2 Å². The summed E-state index contributed by atoms with van der Waals surface area (Å²) in [5.74, 6) is 1.31. The first-order valence-corrected chi connectivity index (χ1v) is 10.0. The molecule has 27 heavy (non-hydrogen) atoms. The molecule has 1 aliphatic rings. The fraction of sp³-hybridized carbons (Fsp3) is 0.524. The first kappa shape index (κ1) is 19.5. The van der Waals surface area contributed by atoms with Gasteiger partial charge in [-0.1, -0.05) is 27.2 Å².